The number of nitrogens with zero attached hydrogens (tertiary/aromatic N) is 1. The molecule has 0 aliphatic rings. The molecule has 3 aromatic carbocycles. The molecule has 0 amide bonds. The fourth-order valence-electron chi connectivity index (χ4n) is 2.80. The number of nitro benzene ring substituents is 1. The summed E-state index contributed by atoms with van der Waals surface area (Å²) in [5.41, 5.74) is -0.172. The van der Waals surface area contributed by atoms with E-state index < -0.39 is 39.6 Å². The Balaban J connectivity index is 2.37. The van der Waals surface area contributed by atoms with Crippen LogP contribution in [-0.4, -0.2) is 11.5 Å². The second-order valence-corrected chi connectivity index (χ2v) is 6.10. The largest absolute Gasteiger partial charge is 0.487 e. The quantitative estimate of drug-likeness (QED) is 0.364. The van der Waals surface area contributed by atoms with Crippen molar-refractivity contribution in [3.05, 3.63) is 81.7 Å². The molecule has 0 saturated heterocycles. The standard InChI is InChI=1S/C21H16F3NO4/c1-3-28-21-16(13-10-8-12(2)9-11-13)20(18(24)17(23)19(21)25(26)27)29-15-7-5-4-6-14(15)22/h4-11H,3H2,1-2H3. The van der Waals surface area contributed by atoms with Crippen LogP contribution in [0.2, 0.25) is 0 Å². The maximum absolute atomic E-state index is 14.9. The average molecular weight is 403 g/mol. The van der Waals surface area contributed by atoms with E-state index in [2.05, 4.69) is 0 Å². The summed E-state index contributed by atoms with van der Waals surface area (Å²) >= 11 is 0. The Morgan fingerprint density at radius 2 is 1.62 bits per heavy atom. The predicted octanol–water partition coefficient (Wildman–Crippen LogP) is 6.18. The van der Waals surface area contributed by atoms with E-state index in [1.165, 1.54) is 18.2 Å². The number of para-hydroxylation sites is 1. The van der Waals surface area contributed by atoms with E-state index in [1.807, 2.05) is 6.92 Å². The van der Waals surface area contributed by atoms with Gasteiger partial charge in [-0.3, -0.25) is 10.1 Å². The molecular formula is C21H16F3NO4. The van der Waals surface area contributed by atoms with Gasteiger partial charge in [-0.2, -0.15) is 8.78 Å². The molecule has 5 nitrogen and oxygen atoms in total. The topological polar surface area (TPSA) is 61.6 Å². The van der Waals surface area contributed by atoms with Gasteiger partial charge in [0, 0.05) is 0 Å². The fourth-order valence-corrected chi connectivity index (χ4v) is 2.80. The van der Waals surface area contributed by atoms with Crippen molar-refractivity contribution in [1.82, 2.24) is 0 Å². The normalized spacial score (nSPS) is 10.7. The summed E-state index contributed by atoms with van der Waals surface area (Å²) in [6, 6.07) is 11.7. The number of hydrogen-bond donors (Lipinski definition) is 0. The van der Waals surface area contributed by atoms with Crippen molar-refractivity contribution < 1.29 is 27.6 Å². The van der Waals surface area contributed by atoms with Gasteiger partial charge >= 0.3 is 5.69 Å². The third-order valence-corrected chi connectivity index (χ3v) is 4.13. The SMILES string of the molecule is CCOc1c(-c2ccc(C)cc2)c(Oc2ccccc2F)c(F)c(F)c1[N+](=O)[O-]. The first-order valence-electron chi connectivity index (χ1n) is 8.66. The maximum atomic E-state index is 14.9. The highest BCUT2D eigenvalue weighted by atomic mass is 19.2. The van der Waals surface area contributed by atoms with Gasteiger partial charge < -0.3 is 9.47 Å². The molecule has 0 radical (unpaired) electrons. The zero-order valence-corrected chi connectivity index (χ0v) is 15.5. The van der Waals surface area contributed by atoms with E-state index in [0.29, 0.717) is 0 Å². The van der Waals surface area contributed by atoms with E-state index >= 15 is 0 Å². The minimum absolute atomic E-state index is 0.0517. The van der Waals surface area contributed by atoms with Crippen LogP contribution >= 0.6 is 0 Å². The first kappa shape index (κ1) is 20.2. The summed E-state index contributed by atoms with van der Waals surface area (Å²) < 4.78 is 54.3. The van der Waals surface area contributed by atoms with Crippen molar-refractivity contribution in [1.29, 1.82) is 0 Å². The highest BCUT2D eigenvalue weighted by Gasteiger charge is 2.35. The first-order valence-corrected chi connectivity index (χ1v) is 8.66. The molecular weight excluding hydrogens is 387 g/mol. The van der Waals surface area contributed by atoms with Gasteiger partial charge in [-0.1, -0.05) is 42.0 Å². The number of aryl methyl sites for hydroxylation is 1. The van der Waals surface area contributed by atoms with Crippen molar-refractivity contribution in [2.45, 2.75) is 13.8 Å². The van der Waals surface area contributed by atoms with Gasteiger partial charge in [0.15, 0.2) is 17.3 Å². The van der Waals surface area contributed by atoms with E-state index in [9.17, 15) is 23.3 Å². The minimum atomic E-state index is -1.75. The van der Waals surface area contributed by atoms with Crippen LogP contribution < -0.4 is 9.47 Å². The van der Waals surface area contributed by atoms with Crippen LogP contribution in [-0.2, 0) is 0 Å². The molecule has 0 N–H and O–H groups in total. The van der Waals surface area contributed by atoms with E-state index in [4.69, 9.17) is 9.47 Å². The summed E-state index contributed by atoms with van der Waals surface area (Å²) in [6.45, 7) is 3.31. The molecule has 3 rings (SSSR count). The third kappa shape index (κ3) is 3.87. The highest BCUT2D eigenvalue weighted by Crippen LogP contribution is 2.49. The molecule has 0 saturated carbocycles. The number of rotatable bonds is 6. The Morgan fingerprint density at radius 1 is 0.966 bits per heavy atom. The summed E-state index contributed by atoms with van der Waals surface area (Å²) in [7, 11) is 0. The molecule has 29 heavy (non-hydrogen) atoms. The lowest BCUT2D eigenvalue weighted by Crippen LogP contribution is -2.07. The number of halogens is 3. The second-order valence-electron chi connectivity index (χ2n) is 6.10. The fraction of sp³-hybridized carbons (Fsp3) is 0.143. The molecule has 0 aliphatic heterocycles. The van der Waals surface area contributed by atoms with Crippen LogP contribution in [0.3, 0.4) is 0 Å². The molecule has 0 aliphatic carbocycles. The highest BCUT2D eigenvalue weighted by molar-refractivity contribution is 5.82. The second kappa shape index (κ2) is 8.22. The van der Waals surface area contributed by atoms with E-state index in [1.54, 1.807) is 31.2 Å². The van der Waals surface area contributed by atoms with Gasteiger partial charge in [0.05, 0.1) is 17.1 Å². The zero-order chi connectivity index (χ0) is 21.1. The van der Waals surface area contributed by atoms with Crippen molar-refractivity contribution in [2.24, 2.45) is 0 Å². The van der Waals surface area contributed by atoms with Gasteiger partial charge in [-0.05, 0) is 31.5 Å². The Hall–Kier alpha value is -3.55. The van der Waals surface area contributed by atoms with Gasteiger partial charge in [0.2, 0.25) is 17.4 Å². The number of benzene rings is 3. The zero-order valence-electron chi connectivity index (χ0n) is 15.5. The van der Waals surface area contributed by atoms with E-state index in [0.717, 1.165) is 11.6 Å². The smallest absolute Gasteiger partial charge is 0.350 e. The summed E-state index contributed by atoms with van der Waals surface area (Å²) in [6.07, 6.45) is 0. The lowest BCUT2D eigenvalue weighted by Gasteiger charge is -2.18. The lowest BCUT2D eigenvalue weighted by atomic mass is 10.00. The molecule has 8 heteroatoms. The van der Waals surface area contributed by atoms with Crippen LogP contribution in [0.1, 0.15) is 12.5 Å². The minimum Gasteiger partial charge on any atom is -0.487 e. The molecule has 0 bridgehead atoms. The van der Waals surface area contributed by atoms with Gasteiger partial charge in [0.1, 0.15) is 0 Å². The maximum Gasteiger partial charge on any atom is 0.350 e. The lowest BCUT2D eigenvalue weighted by molar-refractivity contribution is -0.388. The average Bonchev–Trinajstić information content (AvgIpc) is 2.68. The number of hydrogen-bond acceptors (Lipinski definition) is 4. The molecule has 3 aromatic rings. The molecule has 0 aromatic heterocycles. The van der Waals surface area contributed by atoms with Crippen LogP contribution in [0.25, 0.3) is 11.1 Å². The van der Waals surface area contributed by atoms with E-state index in [-0.39, 0.29) is 23.5 Å². The Kier molecular flexibility index (Phi) is 5.72. The van der Waals surface area contributed by atoms with Crippen LogP contribution in [0.5, 0.6) is 17.2 Å². The van der Waals surface area contributed by atoms with Gasteiger partial charge in [0.25, 0.3) is 0 Å². The number of ether oxygens (including phenoxy) is 2. The molecule has 0 fully saturated rings. The molecule has 0 spiro atoms. The molecule has 0 atom stereocenters. The van der Waals surface area contributed by atoms with Crippen LogP contribution in [0, 0.1) is 34.5 Å². The monoisotopic (exact) mass is 403 g/mol. The molecule has 0 unspecified atom stereocenters. The van der Waals surface area contributed by atoms with Crippen molar-refractivity contribution in [3.63, 3.8) is 0 Å². The summed E-state index contributed by atoms with van der Waals surface area (Å²) in [5.74, 6) is -5.73. The van der Waals surface area contributed by atoms with Crippen molar-refractivity contribution >= 4 is 5.69 Å². The van der Waals surface area contributed by atoms with Gasteiger partial charge in [-0.25, -0.2) is 4.39 Å². The summed E-state index contributed by atoms with van der Waals surface area (Å²) in [4.78, 5) is 10.4. The summed E-state index contributed by atoms with van der Waals surface area (Å²) in [5, 5.41) is 11.4. The Bertz CT molecular complexity index is 1070. The predicted molar refractivity (Wildman–Crippen MR) is 101 cm³/mol. The number of nitro groups is 1. The van der Waals surface area contributed by atoms with Crippen molar-refractivity contribution in [3.8, 4) is 28.4 Å². The third-order valence-electron chi connectivity index (χ3n) is 4.13. The van der Waals surface area contributed by atoms with Crippen LogP contribution in [0.15, 0.2) is 48.5 Å². The van der Waals surface area contributed by atoms with Gasteiger partial charge in [-0.15, -0.1) is 0 Å². The molecule has 150 valence electrons. The van der Waals surface area contributed by atoms with Crippen molar-refractivity contribution in [2.75, 3.05) is 6.61 Å². The Morgan fingerprint density at radius 3 is 2.21 bits per heavy atom. The van der Waals surface area contributed by atoms with Crippen LogP contribution in [0.4, 0.5) is 18.9 Å². The Labute approximate surface area is 164 Å². The first-order chi connectivity index (χ1) is 13.8. The molecule has 0 heterocycles.